The fourth-order valence-electron chi connectivity index (χ4n) is 0.271. The molecule has 0 aliphatic heterocycles. The van der Waals surface area contributed by atoms with Gasteiger partial charge in [0.2, 0.25) is 5.78 Å². The number of allylic oxidation sites excluding steroid dienone is 1. The van der Waals surface area contributed by atoms with E-state index >= 15 is 0 Å². The SMILES string of the molecule is C/C(O)=C(\Cl)C(=O)CO.[Cu]. The molecule has 0 saturated heterocycles. The predicted molar refractivity (Wildman–Crippen MR) is 33.3 cm³/mol. The first-order valence-electron chi connectivity index (χ1n) is 2.29. The number of ketones is 1. The molecule has 0 aromatic rings. The minimum Gasteiger partial charge on any atom is -0.511 e. The second-order valence-corrected chi connectivity index (χ2v) is 1.86. The second kappa shape index (κ2) is 5.74. The number of aliphatic hydroxyl groups is 2. The Balaban J connectivity index is 0. The molecule has 0 aliphatic rings. The zero-order valence-electron chi connectivity index (χ0n) is 5.19. The summed E-state index contributed by atoms with van der Waals surface area (Å²) in [7, 11) is 0. The van der Waals surface area contributed by atoms with Crippen LogP contribution in [0.15, 0.2) is 10.8 Å². The molecule has 0 atom stereocenters. The molecule has 0 aromatic heterocycles. The predicted octanol–water partition coefficient (Wildman–Crippen LogP) is 0.574. The Morgan fingerprint density at radius 2 is 2.00 bits per heavy atom. The van der Waals surface area contributed by atoms with Gasteiger partial charge in [0.15, 0.2) is 0 Å². The van der Waals surface area contributed by atoms with E-state index in [4.69, 9.17) is 21.8 Å². The fourth-order valence-corrected chi connectivity index (χ4v) is 0.331. The van der Waals surface area contributed by atoms with Gasteiger partial charge in [0, 0.05) is 17.1 Å². The molecular formula is C5H7ClCuO3. The van der Waals surface area contributed by atoms with Crippen molar-refractivity contribution in [1.82, 2.24) is 0 Å². The van der Waals surface area contributed by atoms with Crippen LogP contribution in [-0.2, 0) is 21.9 Å². The van der Waals surface area contributed by atoms with Crippen molar-refractivity contribution in [2.24, 2.45) is 0 Å². The first-order chi connectivity index (χ1) is 4.09. The molecule has 0 rings (SSSR count). The Hall–Kier alpha value is -0.0205. The van der Waals surface area contributed by atoms with E-state index in [0.717, 1.165) is 0 Å². The van der Waals surface area contributed by atoms with Gasteiger partial charge in [0.05, 0.1) is 0 Å². The summed E-state index contributed by atoms with van der Waals surface area (Å²) < 4.78 is 0. The molecule has 0 aromatic carbocycles. The molecular weight excluding hydrogens is 207 g/mol. The van der Waals surface area contributed by atoms with Crippen molar-refractivity contribution in [2.45, 2.75) is 6.92 Å². The summed E-state index contributed by atoms with van der Waals surface area (Å²) in [6, 6.07) is 0. The normalized spacial score (nSPS) is 11.5. The smallest absolute Gasteiger partial charge is 0.202 e. The molecule has 0 heterocycles. The van der Waals surface area contributed by atoms with E-state index in [1.54, 1.807) is 0 Å². The minimum absolute atomic E-state index is 0. The zero-order valence-corrected chi connectivity index (χ0v) is 6.89. The van der Waals surface area contributed by atoms with E-state index in [1.165, 1.54) is 6.92 Å². The molecule has 10 heavy (non-hydrogen) atoms. The van der Waals surface area contributed by atoms with Crippen molar-refractivity contribution >= 4 is 17.4 Å². The quantitative estimate of drug-likeness (QED) is 0.401. The Kier molecular flexibility index (Phi) is 7.26. The van der Waals surface area contributed by atoms with Gasteiger partial charge in [-0.05, 0) is 6.92 Å². The van der Waals surface area contributed by atoms with Gasteiger partial charge in [-0.2, -0.15) is 0 Å². The second-order valence-electron chi connectivity index (χ2n) is 1.48. The number of rotatable bonds is 2. The molecule has 2 N–H and O–H groups in total. The molecule has 5 heteroatoms. The standard InChI is InChI=1S/C5H7ClO3.Cu/c1-3(8)5(6)4(9)2-7;/h7-8H,2H2,1H3;/b5-3+;. The Bertz CT molecular complexity index is 151. The van der Waals surface area contributed by atoms with Crippen molar-refractivity contribution in [3.63, 3.8) is 0 Å². The van der Waals surface area contributed by atoms with Gasteiger partial charge in [-0.3, -0.25) is 4.79 Å². The van der Waals surface area contributed by atoms with E-state index in [1.807, 2.05) is 0 Å². The van der Waals surface area contributed by atoms with E-state index in [9.17, 15) is 4.79 Å². The summed E-state index contributed by atoms with van der Waals surface area (Å²) in [5, 5.41) is 16.4. The van der Waals surface area contributed by atoms with Crippen molar-refractivity contribution < 1.29 is 32.1 Å². The van der Waals surface area contributed by atoms with Crippen molar-refractivity contribution in [3.8, 4) is 0 Å². The van der Waals surface area contributed by atoms with Gasteiger partial charge in [0.1, 0.15) is 17.4 Å². The average Bonchev–Trinajstić information content (AvgIpc) is 1.84. The van der Waals surface area contributed by atoms with Crippen LogP contribution in [0.4, 0.5) is 0 Å². The molecule has 0 unspecified atom stereocenters. The maximum absolute atomic E-state index is 10.4. The van der Waals surface area contributed by atoms with Crippen LogP contribution in [0.25, 0.3) is 0 Å². The maximum atomic E-state index is 10.4. The summed E-state index contributed by atoms with van der Waals surface area (Å²) in [4.78, 5) is 10.4. The van der Waals surface area contributed by atoms with Crippen LogP contribution >= 0.6 is 11.6 Å². The largest absolute Gasteiger partial charge is 0.511 e. The van der Waals surface area contributed by atoms with Crippen LogP contribution < -0.4 is 0 Å². The Morgan fingerprint density at radius 3 is 2.10 bits per heavy atom. The number of Topliss-reactive ketones (excluding diaryl/α,β-unsaturated/α-hetero) is 1. The summed E-state index contributed by atoms with van der Waals surface area (Å²) in [5.74, 6) is -0.938. The van der Waals surface area contributed by atoms with Crippen LogP contribution in [0.3, 0.4) is 0 Å². The average molecular weight is 214 g/mol. The summed E-state index contributed by atoms with van der Waals surface area (Å²) >= 11 is 5.19. The molecule has 3 nitrogen and oxygen atoms in total. The molecule has 0 aliphatic carbocycles. The van der Waals surface area contributed by atoms with E-state index in [2.05, 4.69) is 0 Å². The third-order valence-electron chi connectivity index (χ3n) is 0.706. The first-order valence-corrected chi connectivity index (χ1v) is 2.66. The molecule has 0 bridgehead atoms. The van der Waals surface area contributed by atoms with Gasteiger partial charge in [0.25, 0.3) is 0 Å². The van der Waals surface area contributed by atoms with Crippen molar-refractivity contribution in [2.75, 3.05) is 6.61 Å². The van der Waals surface area contributed by atoms with Gasteiger partial charge in [-0.15, -0.1) is 0 Å². The molecule has 0 fully saturated rings. The number of hydrogen-bond donors (Lipinski definition) is 2. The summed E-state index contributed by atoms with van der Waals surface area (Å²) in [5.41, 5.74) is 0. The van der Waals surface area contributed by atoms with E-state index in [0.29, 0.717) is 0 Å². The van der Waals surface area contributed by atoms with Crippen LogP contribution in [-0.4, -0.2) is 22.6 Å². The van der Waals surface area contributed by atoms with Gasteiger partial charge >= 0.3 is 0 Å². The van der Waals surface area contributed by atoms with E-state index < -0.39 is 12.4 Å². The monoisotopic (exact) mass is 213 g/mol. The molecule has 0 amide bonds. The van der Waals surface area contributed by atoms with Gasteiger partial charge in [-0.25, -0.2) is 0 Å². The number of carbonyl (C=O) groups is 1. The maximum Gasteiger partial charge on any atom is 0.202 e. The Morgan fingerprint density at radius 1 is 1.60 bits per heavy atom. The van der Waals surface area contributed by atoms with Gasteiger partial charge in [-0.1, -0.05) is 11.6 Å². The third kappa shape index (κ3) is 3.90. The third-order valence-corrected chi connectivity index (χ3v) is 1.19. The first kappa shape index (κ1) is 12.6. The molecule has 63 valence electrons. The minimum atomic E-state index is -0.670. The Labute approximate surface area is 74.2 Å². The van der Waals surface area contributed by atoms with Crippen LogP contribution in [0, 0.1) is 0 Å². The molecule has 0 spiro atoms. The topological polar surface area (TPSA) is 57.5 Å². The summed E-state index contributed by atoms with van der Waals surface area (Å²) in [6.45, 7) is 0.604. The number of halogens is 1. The van der Waals surface area contributed by atoms with Crippen LogP contribution in [0.2, 0.25) is 0 Å². The number of carbonyl (C=O) groups excluding carboxylic acids is 1. The van der Waals surface area contributed by atoms with Crippen LogP contribution in [0.1, 0.15) is 6.92 Å². The van der Waals surface area contributed by atoms with Crippen LogP contribution in [0.5, 0.6) is 0 Å². The number of aliphatic hydroxyl groups excluding tert-OH is 2. The van der Waals surface area contributed by atoms with Gasteiger partial charge < -0.3 is 10.2 Å². The molecule has 0 saturated carbocycles. The fraction of sp³-hybridized carbons (Fsp3) is 0.400. The van der Waals surface area contributed by atoms with Crippen molar-refractivity contribution in [1.29, 1.82) is 0 Å². The molecule has 1 radical (unpaired) electrons. The number of hydrogen-bond acceptors (Lipinski definition) is 3. The van der Waals surface area contributed by atoms with E-state index in [-0.39, 0.29) is 27.9 Å². The zero-order chi connectivity index (χ0) is 7.44. The summed E-state index contributed by atoms with van der Waals surface area (Å²) in [6.07, 6.45) is 0. The van der Waals surface area contributed by atoms with Crippen molar-refractivity contribution in [3.05, 3.63) is 10.8 Å².